The van der Waals surface area contributed by atoms with Crippen molar-refractivity contribution in [2.45, 2.75) is 72.4 Å². The molecule has 0 aliphatic rings. The molecule has 0 saturated heterocycles. The van der Waals surface area contributed by atoms with Crippen molar-refractivity contribution >= 4 is 6.09 Å². The van der Waals surface area contributed by atoms with Gasteiger partial charge in [0, 0.05) is 6.04 Å². The number of hydrogen-bond acceptors (Lipinski definition) is 2. The Hall–Kier alpha value is -0.730. The zero-order valence-electron chi connectivity index (χ0n) is 11.6. The predicted octanol–water partition coefficient (Wildman–Crippen LogP) is 3.73. The first kappa shape index (κ1) is 15.3. The fraction of sp³-hybridized carbons (Fsp3) is 0.923. The summed E-state index contributed by atoms with van der Waals surface area (Å²) in [4.78, 5) is 11.6. The molecule has 16 heavy (non-hydrogen) atoms. The van der Waals surface area contributed by atoms with Crippen LogP contribution in [0.15, 0.2) is 0 Å². The molecule has 0 saturated carbocycles. The van der Waals surface area contributed by atoms with E-state index in [0.717, 1.165) is 19.3 Å². The number of alkyl carbamates (subject to hydrolysis) is 1. The Morgan fingerprint density at radius 2 is 1.81 bits per heavy atom. The van der Waals surface area contributed by atoms with Crippen LogP contribution in [0.4, 0.5) is 4.79 Å². The first-order valence-electron chi connectivity index (χ1n) is 6.28. The Kier molecular flexibility index (Phi) is 6.46. The minimum absolute atomic E-state index is 0.227. The molecule has 0 heterocycles. The Bertz CT molecular complexity index is 208. The van der Waals surface area contributed by atoms with E-state index in [1.807, 2.05) is 20.8 Å². The zero-order chi connectivity index (χ0) is 12.8. The van der Waals surface area contributed by atoms with Gasteiger partial charge in [0.25, 0.3) is 0 Å². The minimum atomic E-state index is -0.418. The van der Waals surface area contributed by atoms with E-state index in [-0.39, 0.29) is 12.1 Å². The third-order valence-corrected chi connectivity index (χ3v) is 2.60. The summed E-state index contributed by atoms with van der Waals surface area (Å²) in [5.74, 6) is 0.639. The maximum absolute atomic E-state index is 11.6. The van der Waals surface area contributed by atoms with Crippen molar-refractivity contribution < 1.29 is 9.53 Å². The van der Waals surface area contributed by atoms with Crippen molar-refractivity contribution in [3.8, 4) is 0 Å². The first-order valence-corrected chi connectivity index (χ1v) is 6.28. The van der Waals surface area contributed by atoms with Gasteiger partial charge in [-0.05, 0) is 39.5 Å². The maximum Gasteiger partial charge on any atom is 0.407 e. The molecule has 0 aromatic rings. The Labute approximate surface area is 99.9 Å². The second-order valence-corrected chi connectivity index (χ2v) is 5.50. The molecule has 0 aromatic heterocycles. The molecule has 3 heteroatoms. The molecule has 0 aromatic carbocycles. The Balaban J connectivity index is 4.07. The lowest BCUT2D eigenvalue weighted by atomic mass is 9.98. The molecule has 0 rings (SSSR count). The van der Waals surface area contributed by atoms with Gasteiger partial charge in [-0.3, -0.25) is 0 Å². The predicted molar refractivity (Wildman–Crippen MR) is 67.5 cm³/mol. The van der Waals surface area contributed by atoms with E-state index in [4.69, 9.17) is 4.74 Å². The average molecular weight is 229 g/mol. The number of nitrogens with one attached hydrogen (secondary N) is 1. The van der Waals surface area contributed by atoms with Crippen LogP contribution in [0.2, 0.25) is 0 Å². The van der Waals surface area contributed by atoms with Gasteiger partial charge in [0.1, 0.15) is 5.60 Å². The molecular weight excluding hydrogens is 202 g/mol. The van der Waals surface area contributed by atoms with Crippen LogP contribution >= 0.6 is 0 Å². The molecule has 1 unspecified atom stereocenters. The lowest BCUT2D eigenvalue weighted by molar-refractivity contribution is 0.0496. The van der Waals surface area contributed by atoms with E-state index in [1.165, 1.54) is 0 Å². The molecule has 96 valence electrons. The molecule has 0 spiro atoms. The molecular formula is C13H27NO2. The van der Waals surface area contributed by atoms with E-state index in [1.54, 1.807) is 0 Å². The van der Waals surface area contributed by atoms with Gasteiger partial charge in [-0.15, -0.1) is 0 Å². The van der Waals surface area contributed by atoms with Crippen molar-refractivity contribution in [3.05, 3.63) is 0 Å². The third kappa shape index (κ3) is 7.55. The fourth-order valence-corrected chi connectivity index (χ4v) is 1.45. The largest absolute Gasteiger partial charge is 0.444 e. The summed E-state index contributed by atoms with van der Waals surface area (Å²) in [7, 11) is 0. The average Bonchev–Trinajstić information content (AvgIpc) is 2.13. The number of carbonyl (C=O) groups excluding carboxylic acids is 1. The van der Waals surface area contributed by atoms with Crippen molar-refractivity contribution in [3.63, 3.8) is 0 Å². The van der Waals surface area contributed by atoms with Gasteiger partial charge in [-0.25, -0.2) is 4.79 Å². The molecule has 0 aliphatic carbocycles. The quantitative estimate of drug-likeness (QED) is 0.780. The third-order valence-electron chi connectivity index (χ3n) is 2.60. The smallest absolute Gasteiger partial charge is 0.407 e. The van der Waals surface area contributed by atoms with Crippen molar-refractivity contribution in [2.24, 2.45) is 5.92 Å². The lowest BCUT2D eigenvalue weighted by Crippen LogP contribution is -2.39. The van der Waals surface area contributed by atoms with Crippen LogP contribution in [0.3, 0.4) is 0 Å². The highest BCUT2D eigenvalue weighted by atomic mass is 16.6. The van der Waals surface area contributed by atoms with Crippen molar-refractivity contribution in [1.29, 1.82) is 0 Å². The number of ether oxygens (including phenoxy) is 1. The molecule has 0 bridgehead atoms. The normalized spacial score (nSPS) is 15.4. The maximum atomic E-state index is 11.6. The van der Waals surface area contributed by atoms with E-state index < -0.39 is 5.60 Å². The second kappa shape index (κ2) is 6.77. The van der Waals surface area contributed by atoms with Gasteiger partial charge >= 0.3 is 6.09 Å². The standard InChI is InChI=1S/C13H27NO2/c1-7-10(3)9-11(8-2)14-12(15)16-13(4,5)6/h10-11H,7-9H2,1-6H3,(H,14,15)/t10-,11?/m1/s1. The summed E-state index contributed by atoms with van der Waals surface area (Å²) in [5, 5.41) is 2.93. The van der Waals surface area contributed by atoms with Gasteiger partial charge in [0.15, 0.2) is 0 Å². The van der Waals surface area contributed by atoms with Crippen LogP contribution < -0.4 is 5.32 Å². The molecule has 1 amide bonds. The monoisotopic (exact) mass is 229 g/mol. The molecule has 3 nitrogen and oxygen atoms in total. The summed E-state index contributed by atoms with van der Waals surface area (Å²) in [6.07, 6.45) is 2.81. The molecule has 1 N–H and O–H groups in total. The Morgan fingerprint density at radius 1 is 1.25 bits per heavy atom. The first-order chi connectivity index (χ1) is 7.28. The second-order valence-electron chi connectivity index (χ2n) is 5.50. The van der Waals surface area contributed by atoms with Crippen molar-refractivity contribution in [2.75, 3.05) is 0 Å². The highest BCUT2D eigenvalue weighted by Gasteiger charge is 2.19. The highest BCUT2D eigenvalue weighted by Crippen LogP contribution is 2.13. The lowest BCUT2D eigenvalue weighted by Gasteiger charge is -2.24. The van der Waals surface area contributed by atoms with Gasteiger partial charge < -0.3 is 10.1 Å². The van der Waals surface area contributed by atoms with E-state index >= 15 is 0 Å². The summed E-state index contributed by atoms with van der Waals surface area (Å²) < 4.78 is 5.24. The number of hydrogen-bond donors (Lipinski definition) is 1. The van der Waals surface area contributed by atoms with Crippen molar-refractivity contribution in [1.82, 2.24) is 5.32 Å². The van der Waals surface area contributed by atoms with E-state index in [0.29, 0.717) is 5.92 Å². The van der Waals surface area contributed by atoms with Crippen LogP contribution in [0.25, 0.3) is 0 Å². The van der Waals surface area contributed by atoms with Crippen LogP contribution in [0.5, 0.6) is 0 Å². The minimum Gasteiger partial charge on any atom is -0.444 e. The highest BCUT2D eigenvalue weighted by molar-refractivity contribution is 5.68. The molecule has 0 aliphatic heterocycles. The summed E-state index contributed by atoms with van der Waals surface area (Å²) >= 11 is 0. The number of rotatable bonds is 5. The van der Waals surface area contributed by atoms with Crippen LogP contribution in [0, 0.1) is 5.92 Å². The van der Waals surface area contributed by atoms with E-state index in [9.17, 15) is 4.79 Å². The summed E-state index contributed by atoms with van der Waals surface area (Å²) in [6, 6.07) is 0.227. The van der Waals surface area contributed by atoms with Gasteiger partial charge in [0.05, 0.1) is 0 Å². The summed E-state index contributed by atoms with van der Waals surface area (Å²) in [6.45, 7) is 12.1. The van der Waals surface area contributed by atoms with Gasteiger partial charge in [-0.2, -0.15) is 0 Å². The number of carbonyl (C=O) groups is 1. The fourth-order valence-electron chi connectivity index (χ4n) is 1.45. The van der Waals surface area contributed by atoms with E-state index in [2.05, 4.69) is 26.1 Å². The summed E-state index contributed by atoms with van der Waals surface area (Å²) in [5.41, 5.74) is -0.418. The molecule has 2 atom stereocenters. The molecule has 0 fully saturated rings. The van der Waals surface area contributed by atoms with Crippen LogP contribution in [0.1, 0.15) is 60.8 Å². The number of amides is 1. The SMILES string of the molecule is CCC(C[C@H](C)CC)NC(=O)OC(C)(C)C. The molecule has 0 radical (unpaired) electrons. The zero-order valence-corrected chi connectivity index (χ0v) is 11.6. The topological polar surface area (TPSA) is 38.3 Å². The van der Waals surface area contributed by atoms with Gasteiger partial charge in [0.2, 0.25) is 0 Å². The van der Waals surface area contributed by atoms with Crippen LogP contribution in [-0.2, 0) is 4.74 Å². The Morgan fingerprint density at radius 3 is 2.19 bits per heavy atom. The van der Waals surface area contributed by atoms with Crippen LogP contribution in [-0.4, -0.2) is 17.7 Å². The van der Waals surface area contributed by atoms with Gasteiger partial charge in [-0.1, -0.05) is 27.2 Å².